The Bertz CT molecular complexity index is 310. The molecule has 0 bridgehead atoms. The number of carbonyl (C=O) groups excluding carboxylic acids is 1. The average Bonchev–Trinajstić information content (AvgIpc) is 2.26. The van der Waals surface area contributed by atoms with Crippen molar-refractivity contribution in [1.82, 2.24) is 0 Å². The van der Waals surface area contributed by atoms with Gasteiger partial charge in [0.2, 0.25) is 0 Å². The number of hydrogen-bond acceptors (Lipinski definition) is 3. The van der Waals surface area contributed by atoms with Gasteiger partial charge >= 0.3 is 5.97 Å². The lowest BCUT2D eigenvalue weighted by Crippen LogP contribution is -2.03. The fourth-order valence-electron chi connectivity index (χ4n) is 1.32. The van der Waals surface area contributed by atoms with Gasteiger partial charge in [-0.15, -0.1) is 0 Å². The van der Waals surface area contributed by atoms with Crippen molar-refractivity contribution in [3.05, 3.63) is 29.8 Å². The zero-order chi connectivity index (χ0) is 10.4. The summed E-state index contributed by atoms with van der Waals surface area (Å²) in [7, 11) is 3.28. The van der Waals surface area contributed by atoms with Crippen molar-refractivity contribution >= 4 is 11.7 Å². The largest absolute Gasteiger partial charge is 0.469 e. The summed E-state index contributed by atoms with van der Waals surface area (Å²) in [6, 6.07) is 7.93. The summed E-state index contributed by atoms with van der Waals surface area (Å²) in [5.74, 6) is -0.170. The van der Waals surface area contributed by atoms with E-state index in [0.29, 0.717) is 12.8 Å². The topological polar surface area (TPSA) is 38.3 Å². The number of esters is 1. The van der Waals surface area contributed by atoms with Crippen LogP contribution in [0, 0.1) is 0 Å². The van der Waals surface area contributed by atoms with Crippen molar-refractivity contribution in [2.75, 3.05) is 19.5 Å². The lowest BCUT2D eigenvalue weighted by atomic mass is 10.1. The summed E-state index contributed by atoms with van der Waals surface area (Å²) in [5.41, 5.74) is 2.21. The van der Waals surface area contributed by atoms with Crippen LogP contribution in [-0.2, 0) is 16.0 Å². The Balaban J connectivity index is 2.61. The highest BCUT2D eigenvalue weighted by Crippen LogP contribution is 2.15. The van der Waals surface area contributed by atoms with Crippen LogP contribution in [0.3, 0.4) is 0 Å². The smallest absolute Gasteiger partial charge is 0.305 e. The van der Waals surface area contributed by atoms with Crippen LogP contribution >= 0.6 is 0 Å². The number of hydrogen-bond donors (Lipinski definition) is 1. The molecule has 3 nitrogen and oxygen atoms in total. The molecule has 0 spiro atoms. The molecule has 0 aromatic heterocycles. The van der Waals surface area contributed by atoms with Crippen LogP contribution < -0.4 is 5.32 Å². The Morgan fingerprint density at radius 1 is 1.43 bits per heavy atom. The van der Waals surface area contributed by atoms with Crippen molar-refractivity contribution in [1.29, 1.82) is 0 Å². The highest BCUT2D eigenvalue weighted by Gasteiger charge is 2.04. The van der Waals surface area contributed by atoms with E-state index in [9.17, 15) is 4.79 Å². The van der Waals surface area contributed by atoms with Gasteiger partial charge in [0.15, 0.2) is 0 Å². The summed E-state index contributed by atoms with van der Waals surface area (Å²) in [5, 5.41) is 3.09. The fraction of sp³-hybridized carbons (Fsp3) is 0.364. The molecule has 0 aliphatic carbocycles. The maximum Gasteiger partial charge on any atom is 0.305 e. The molecule has 0 saturated carbocycles. The van der Waals surface area contributed by atoms with Gasteiger partial charge in [-0.25, -0.2) is 0 Å². The molecule has 0 aliphatic heterocycles. The van der Waals surface area contributed by atoms with Crippen molar-refractivity contribution < 1.29 is 9.53 Å². The Labute approximate surface area is 84.1 Å². The monoisotopic (exact) mass is 193 g/mol. The van der Waals surface area contributed by atoms with Crippen LogP contribution in [0.25, 0.3) is 0 Å². The average molecular weight is 193 g/mol. The highest BCUT2D eigenvalue weighted by molar-refractivity contribution is 5.70. The number of benzene rings is 1. The first kappa shape index (κ1) is 10.6. The minimum Gasteiger partial charge on any atom is -0.469 e. The molecule has 3 heteroatoms. The second-order valence-electron chi connectivity index (χ2n) is 2.98. The van der Waals surface area contributed by atoms with Crippen LogP contribution in [0.15, 0.2) is 24.3 Å². The first-order valence-corrected chi connectivity index (χ1v) is 4.60. The van der Waals surface area contributed by atoms with Crippen molar-refractivity contribution in [2.24, 2.45) is 0 Å². The van der Waals surface area contributed by atoms with Crippen LogP contribution in [0.1, 0.15) is 12.0 Å². The molecule has 0 aliphatic rings. The molecule has 76 valence electrons. The van der Waals surface area contributed by atoms with E-state index in [2.05, 4.69) is 10.1 Å². The Morgan fingerprint density at radius 3 is 2.79 bits per heavy atom. The molecule has 1 aromatic carbocycles. The molecule has 1 aromatic rings. The van der Waals surface area contributed by atoms with Gasteiger partial charge in [0, 0.05) is 19.2 Å². The number of para-hydroxylation sites is 1. The predicted molar refractivity (Wildman–Crippen MR) is 56.3 cm³/mol. The van der Waals surface area contributed by atoms with Crippen molar-refractivity contribution in [3.63, 3.8) is 0 Å². The van der Waals surface area contributed by atoms with Gasteiger partial charge in [-0.2, -0.15) is 0 Å². The minimum absolute atomic E-state index is 0.170. The Kier molecular flexibility index (Phi) is 3.98. The van der Waals surface area contributed by atoms with Gasteiger partial charge in [0.25, 0.3) is 0 Å². The zero-order valence-electron chi connectivity index (χ0n) is 8.54. The van der Waals surface area contributed by atoms with Gasteiger partial charge in [0.05, 0.1) is 7.11 Å². The first-order valence-electron chi connectivity index (χ1n) is 4.60. The molecule has 0 heterocycles. The van der Waals surface area contributed by atoms with E-state index in [4.69, 9.17) is 0 Å². The maximum atomic E-state index is 10.9. The quantitative estimate of drug-likeness (QED) is 0.741. The molecular weight excluding hydrogens is 178 g/mol. The fourth-order valence-corrected chi connectivity index (χ4v) is 1.32. The summed E-state index contributed by atoms with van der Waals surface area (Å²) in [6.07, 6.45) is 1.14. The summed E-state index contributed by atoms with van der Waals surface area (Å²) < 4.78 is 4.59. The van der Waals surface area contributed by atoms with E-state index >= 15 is 0 Å². The molecule has 0 fully saturated rings. The Morgan fingerprint density at radius 2 is 2.14 bits per heavy atom. The maximum absolute atomic E-state index is 10.9. The molecule has 0 atom stereocenters. The molecule has 0 unspecified atom stereocenters. The van der Waals surface area contributed by atoms with Crippen LogP contribution in [0.2, 0.25) is 0 Å². The van der Waals surface area contributed by atoms with Gasteiger partial charge in [0.1, 0.15) is 0 Å². The number of nitrogens with one attached hydrogen (secondary N) is 1. The van der Waals surface area contributed by atoms with E-state index in [0.717, 1.165) is 11.3 Å². The second-order valence-corrected chi connectivity index (χ2v) is 2.98. The van der Waals surface area contributed by atoms with Gasteiger partial charge < -0.3 is 10.1 Å². The molecule has 1 rings (SSSR count). The number of carbonyl (C=O) groups is 1. The molecule has 0 amide bonds. The normalized spacial score (nSPS) is 9.57. The number of rotatable bonds is 4. The SMILES string of the molecule is CNc1ccccc1CCC(=O)OC. The predicted octanol–water partition coefficient (Wildman–Crippen LogP) is 1.83. The van der Waals surface area contributed by atoms with E-state index in [1.165, 1.54) is 7.11 Å². The van der Waals surface area contributed by atoms with E-state index in [1.807, 2.05) is 31.3 Å². The molecular formula is C11H15NO2. The minimum atomic E-state index is -0.170. The van der Waals surface area contributed by atoms with Crippen LogP contribution in [-0.4, -0.2) is 20.1 Å². The molecule has 14 heavy (non-hydrogen) atoms. The van der Waals surface area contributed by atoms with E-state index < -0.39 is 0 Å². The molecule has 0 saturated heterocycles. The number of aryl methyl sites for hydroxylation is 1. The lowest BCUT2D eigenvalue weighted by molar-refractivity contribution is -0.140. The van der Waals surface area contributed by atoms with E-state index in [-0.39, 0.29) is 5.97 Å². The number of anilines is 1. The number of methoxy groups -OCH3 is 1. The Hall–Kier alpha value is -1.51. The van der Waals surface area contributed by atoms with Gasteiger partial charge in [-0.3, -0.25) is 4.79 Å². The van der Waals surface area contributed by atoms with Crippen molar-refractivity contribution in [3.8, 4) is 0 Å². The second kappa shape index (κ2) is 5.27. The van der Waals surface area contributed by atoms with Gasteiger partial charge in [-0.05, 0) is 18.1 Å². The van der Waals surface area contributed by atoms with Crippen molar-refractivity contribution in [2.45, 2.75) is 12.8 Å². The third-order valence-corrected chi connectivity index (χ3v) is 2.11. The molecule has 0 radical (unpaired) electrons. The summed E-state index contributed by atoms with van der Waals surface area (Å²) in [4.78, 5) is 10.9. The number of ether oxygens (including phenoxy) is 1. The van der Waals surface area contributed by atoms with E-state index in [1.54, 1.807) is 0 Å². The van der Waals surface area contributed by atoms with Crippen LogP contribution in [0.4, 0.5) is 5.69 Å². The van der Waals surface area contributed by atoms with Crippen LogP contribution in [0.5, 0.6) is 0 Å². The molecule has 1 N–H and O–H groups in total. The summed E-state index contributed by atoms with van der Waals surface area (Å²) in [6.45, 7) is 0. The first-order chi connectivity index (χ1) is 6.77. The lowest BCUT2D eigenvalue weighted by Gasteiger charge is -2.07. The summed E-state index contributed by atoms with van der Waals surface area (Å²) >= 11 is 0. The zero-order valence-corrected chi connectivity index (χ0v) is 8.54. The standard InChI is InChI=1S/C11H15NO2/c1-12-10-6-4-3-5-9(10)7-8-11(13)14-2/h3-6,12H,7-8H2,1-2H3. The third kappa shape index (κ3) is 2.76. The van der Waals surface area contributed by atoms with Gasteiger partial charge in [-0.1, -0.05) is 18.2 Å². The third-order valence-electron chi connectivity index (χ3n) is 2.11. The highest BCUT2D eigenvalue weighted by atomic mass is 16.5.